The fraction of sp³-hybridized carbons (Fsp3) is 0.200. The fourth-order valence-corrected chi connectivity index (χ4v) is 3.77. The van der Waals surface area contributed by atoms with Gasteiger partial charge in [-0.3, -0.25) is 4.90 Å². The highest BCUT2D eigenvalue weighted by molar-refractivity contribution is 6.00. The maximum Gasteiger partial charge on any atom is 0.324 e. The van der Waals surface area contributed by atoms with Gasteiger partial charge < -0.3 is 15.5 Å². The average Bonchev–Trinajstić information content (AvgIpc) is 2.83. The molecule has 170 valence electrons. The highest BCUT2D eigenvalue weighted by atomic mass is 19.2. The number of para-hydroxylation sites is 2. The number of hydrogen-bond donors (Lipinski definition) is 2. The van der Waals surface area contributed by atoms with E-state index in [2.05, 4.69) is 10.6 Å². The van der Waals surface area contributed by atoms with Crippen LogP contribution in [0, 0.1) is 11.6 Å². The Morgan fingerprint density at radius 2 is 1.64 bits per heavy atom. The van der Waals surface area contributed by atoms with Gasteiger partial charge in [-0.2, -0.15) is 0 Å². The van der Waals surface area contributed by atoms with Crippen molar-refractivity contribution in [1.82, 2.24) is 10.2 Å². The van der Waals surface area contributed by atoms with Crippen molar-refractivity contribution in [2.75, 3.05) is 23.3 Å². The molecule has 1 aliphatic heterocycles. The summed E-state index contributed by atoms with van der Waals surface area (Å²) in [5.74, 6) is -1.86. The van der Waals surface area contributed by atoms with E-state index in [1.807, 2.05) is 30.3 Å². The number of carbonyl (C=O) groups excluding carboxylic acids is 2. The zero-order valence-electron chi connectivity index (χ0n) is 17.9. The Labute approximate surface area is 190 Å². The Balaban J connectivity index is 1.45. The molecule has 0 atom stereocenters. The second-order valence-electron chi connectivity index (χ2n) is 7.77. The van der Waals surface area contributed by atoms with Crippen LogP contribution in [0.5, 0.6) is 0 Å². The van der Waals surface area contributed by atoms with Gasteiger partial charge in [0.2, 0.25) is 0 Å². The molecule has 4 amide bonds. The lowest BCUT2D eigenvalue weighted by Crippen LogP contribution is -2.49. The molecule has 0 radical (unpaired) electrons. The minimum Gasteiger partial charge on any atom is -0.334 e. The third-order valence-electron chi connectivity index (χ3n) is 5.41. The Kier molecular flexibility index (Phi) is 6.83. The molecule has 0 aliphatic carbocycles. The molecular formula is C25H24F2N4O2. The first-order valence-electron chi connectivity index (χ1n) is 10.7. The number of rotatable bonds is 6. The normalized spacial score (nSPS) is 13.7. The first-order chi connectivity index (χ1) is 16.0. The third-order valence-corrected chi connectivity index (χ3v) is 5.41. The highest BCUT2D eigenvalue weighted by Gasteiger charge is 2.28. The van der Waals surface area contributed by atoms with Gasteiger partial charge in [-0.15, -0.1) is 0 Å². The van der Waals surface area contributed by atoms with Crippen LogP contribution in [0.4, 0.5) is 29.7 Å². The predicted octanol–water partition coefficient (Wildman–Crippen LogP) is 5.12. The molecule has 3 aromatic carbocycles. The molecule has 0 saturated carbocycles. The molecule has 4 rings (SSSR count). The SMILES string of the molecule is O=C(NCc1ccccc1)Nc1ccccc1N1CCCN(Cc2ccc(F)c(F)c2)C1=O. The molecule has 0 bridgehead atoms. The first-order valence-corrected chi connectivity index (χ1v) is 10.7. The van der Waals surface area contributed by atoms with Gasteiger partial charge in [0.15, 0.2) is 11.6 Å². The van der Waals surface area contributed by atoms with Crippen LogP contribution in [0.2, 0.25) is 0 Å². The Hall–Kier alpha value is -3.94. The van der Waals surface area contributed by atoms with Crippen LogP contribution in [0.3, 0.4) is 0 Å². The Morgan fingerprint density at radius 1 is 0.879 bits per heavy atom. The van der Waals surface area contributed by atoms with Gasteiger partial charge >= 0.3 is 12.1 Å². The summed E-state index contributed by atoms with van der Waals surface area (Å²) in [5, 5.41) is 5.63. The lowest BCUT2D eigenvalue weighted by Gasteiger charge is -2.36. The van der Waals surface area contributed by atoms with Crippen LogP contribution in [0.15, 0.2) is 72.8 Å². The Bertz CT molecular complexity index is 1140. The van der Waals surface area contributed by atoms with Crippen molar-refractivity contribution >= 4 is 23.4 Å². The molecule has 8 heteroatoms. The minimum absolute atomic E-state index is 0.166. The number of halogens is 2. The van der Waals surface area contributed by atoms with Gasteiger partial charge in [-0.05, 0) is 41.8 Å². The number of nitrogens with one attached hydrogen (secondary N) is 2. The molecule has 1 fully saturated rings. The lowest BCUT2D eigenvalue weighted by atomic mass is 10.1. The van der Waals surface area contributed by atoms with Gasteiger partial charge in [0.25, 0.3) is 0 Å². The number of hydrogen-bond acceptors (Lipinski definition) is 2. The van der Waals surface area contributed by atoms with Gasteiger partial charge in [-0.25, -0.2) is 18.4 Å². The van der Waals surface area contributed by atoms with Crippen LogP contribution in [0.25, 0.3) is 0 Å². The van der Waals surface area contributed by atoms with Crippen molar-refractivity contribution in [3.63, 3.8) is 0 Å². The molecule has 0 aromatic heterocycles. The monoisotopic (exact) mass is 450 g/mol. The van der Waals surface area contributed by atoms with E-state index in [1.165, 1.54) is 6.07 Å². The van der Waals surface area contributed by atoms with Crippen molar-refractivity contribution in [3.05, 3.63) is 95.6 Å². The fourth-order valence-electron chi connectivity index (χ4n) is 3.77. The smallest absolute Gasteiger partial charge is 0.324 e. The molecule has 3 aromatic rings. The minimum atomic E-state index is -0.940. The molecular weight excluding hydrogens is 426 g/mol. The topological polar surface area (TPSA) is 64.7 Å². The van der Waals surface area contributed by atoms with E-state index in [9.17, 15) is 18.4 Å². The molecule has 1 heterocycles. The molecule has 0 unspecified atom stereocenters. The number of carbonyl (C=O) groups is 2. The summed E-state index contributed by atoms with van der Waals surface area (Å²) in [7, 11) is 0. The molecule has 1 saturated heterocycles. The molecule has 1 aliphatic rings. The van der Waals surface area contributed by atoms with E-state index in [0.717, 1.165) is 17.7 Å². The third kappa shape index (κ3) is 5.46. The largest absolute Gasteiger partial charge is 0.334 e. The molecule has 2 N–H and O–H groups in total. The van der Waals surface area contributed by atoms with Gasteiger partial charge in [0.1, 0.15) is 0 Å². The summed E-state index contributed by atoms with van der Waals surface area (Å²) in [5.41, 5.74) is 2.56. The first kappa shape index (κ1) is 22.3. The van der Waals surface area contributed by atoms with E-state index in [-0.39, 0.29) is 18.6 Å². The summed E-state index contributed by atoms with van der Waals surface area (Å²) in [6, 6.07) is 19.6. The van der Waals surface area contributed by atoms with E-state index < -0.39 is 11.6 Å². The summed E-state index contributed by atoms with van der Waals surface area (Å²) in [4.78, 5) is 28.8. The highest BCUT2D eigenvalue weighted by Crippen LogP contribution is 2.29. The van der Waals surface area contributed by atoms with E-state index >= 15 is 0 Å². The maximum atomic E-state index is 13.6. The Morgan fingerprint density at radius 3 is 2.42 bits per heavy atom. The summed E-state index contributed by atoms with van der Waals surface area (Å²) >= 11 is 0. The summed E-state index contributed by atoms with van der Waals surface area (Å²) in [6.07, 6.45) is 0.698. The van der Waals surface area contributed by atoms with Crippen molar-refractivity contribution in [2.24, 2.45) is 0 Å². The van der Waals surface area contributed by atoms with E-state index in [1.54, 1.807) is 34.1 Å². The zero-order chi connectivity index (χ0) is 23.2. The number of amides is 4. The molecule has 0 spiro atoms. The average molecular weight is 450 g/mol. The lowest BCUT2D eigenvalue weighted by molar-refractivity contribution is 0.192. The number of anilines is 2. The van der Waals surface area contributed by atoms with Crippen LogP contribution in [0.1, 0.15) is 17.5 Å². The molecule has 33 heavy (non-hydrogen) atoms. The van der Waals surface area contributed by atoms with Crippen LogP contribution in [-0.2, 0) is 13.1 Å². The van der Waals surface area contributed by atoms with Crippen LogP contribution in [-0.4, -0.2) is 30.1 Å². The number of benzene rings is 3. The van der Waals surface area contributed by atoms with Crippen molar-refractivity contribution < 1.29 is 18.4 Å². The van der Waals surface area contributed by atoms with E-state index in [0.29, 0.717) is 43.0 Å². The van der Waals surface area contributed by atoms with Crippen molar-refractivity contribution in [2.45, 2.75) is 19.5 Å². The van der Waals surface area contributed by atoms with Gasteiger partial charge in [0, 0.05) is 26.2 Å². The summed E-state index contributed by atoms with van der Waals surface area (Å²) in [6.45, 7) is 1.53. The molecule has 6 nitrogen and oxygen atoms in total. The summed E-state index contributed by atoms with van der Waals surface area (Å²) < 4.78 is 26.8. The van der Waals surface area contributed by atoms with Crippen LogP contribution < -0.4 is 15.5 Å². The maximum absolute atomic E-state index is 13.6. The predicted molar refractivity (Wildman–Crippen MR) is 123 cm³/mol. The standard InChI is InChI=1S/C25H24F2N4O2/c26-20-12-11-19(15-21(20)27)17-30-13-6-14-31(25(30)33)23-10-5-4-9-22(23)29-24(32)28-16-18-7-2-1-3-8-18/h1-5,7-12,15H,6,13-14,16-17H2,(H2,28,29,32). The van der Waals surface area contributed by atoms with E-state index in [4.69, 9.17) is 0 Å². The van der Waals surface area contributed by atoms with Crippen LogP contribution >= 0.6 is 0 Å². The number of nitrogens with zero attached hydrogens (tertiary/aromatic N) is 2. The number of urea groups is 2. The van der Waals surface area contributed by atoms with Crippen molar-refractivity contribution in [1.29, 1.82) is 0 Å². The zero-order valence-corrected chi connectivity index (χ0v) is 17.9. The van der Waals surface area contributed by atoms with Gasteiger partial charge in [0.05, 0.1) is 11.4 Å². The second-order valence-corrected chi connectivity index (χ2v) is 7.77. The quantitative estimate of drug-likeness (QED) is 0.548. The van der Waals surface area contributed by atoms with Gasteiger partial charge in [-0.1, -0.05) is 48.5 Å². The van der Waals surface area contributed by atoms with Crippen molar-refractivity contribution in [3.8, 4) is 0 Å². The second kappa shape index (κ2) is 10.1.